The third-order valence-electron chi connectivity index (χ3n) is 3.70. The van der Waals surface area contributed by atoms with Crippen LogP contribution < -0.4 is 11.1 Å². The molecule has 5 nitrogen and oxygen atoms in total. The molecule has 0 aromatic rings. The molecule has 20 heavy (non-hydrogen) atoms. The van der Waals surface area contributed by atoms with Crippen molar-refractivity contribution in [1.29, 1.82) is 0 Å². The van der Waals surface area contributed by atoms with E-state index in [9.17, 15) is 4.79 Å². The maximum atomic E-state index is 12.1. The van der Waals surface area contributed by atoms with Crippen LogP contribution in [0.3, 0.4) is 0 Å². The molecule has 1 fully saturated rings. The average Bonchev–Trinajstić information content (AvgIpc) is 3.10. The van der Waals surface area contributed by atoms with Crippen molar-refractivity contribution in [2.75, 3.05) is 26.7 Å². The van der Waals surface area contributed by atoms with Crippen LogP contribution in [0, 0.1) is 5.92 Å². The van der Waals surface area contributed by atoms with Gasteiger partial charge in [-0.2, -0.15) is 0 Å². The van der Waals surface area contributed by atoms with Crippen LogP contribution in [-0.4, -0.2) is 55.2 Å². The van der Waals surface area contributed by atoms with E-state index < -0.39 is 5.54 Å². The first-order valence-corrected chi connectivity index (χ1v) is 7.65. The quantitative estimate of drug-likeness (QED) is 0.628. The van der Waals surface area contributed by atoms with E-state index >= 15 is 0 Å². The Morgan fingerprint density at radius 3 is 2.40 bits per heavy atom. The van der Waals surface area contributed by atoms with E-state index in [1.54, 1.807) is 0 Å². The predicted molar refractivity (Wildman–Crippen MR) is 81.5 cm³/mol. The fraction of sp³-hybridized carbons (Fsp3) is 0.933. The molecule has 5 heteroatoms. The average molecular weight is 285 g/mol. The van der Waals surface area contributed by atoms with Crippen molar-refractivity contribution in [3.05, 3.63) is 0 Å². The summed E-state index contributed by atoms with van der Waals surface area (Å²) in [5.41, 5.74) is 5.13. The normalized spacial score (nSPS) is 18.8. The maximum Gasteiger partial charge on any atom is 0.239 e. The van der Waals surface area contributed by atoms with Gasteiger partial charge in [0.2, 0.25) is 5.91 Å². The number of carbonyl (C=O) groups excluding carboxylic acids is 1. The first-order valence-electron chi connectivity index (χ1n) is 7.65. The molecule has 0 saturated heterocycles. The number of rotatable bonds is 10. The van der Waals surface area contributed by atoms with Crippen molar-refractivity contribution >= 4 is 5.91 Å². The minimum atomic E-state index is -0.596. The van der Waals surface area contributed by atoms with Gasteiger partial charge in [0.1, 0.15) is 5.54 Å². The number of amides is 1. The summed E-state index contributed by atoms with van der Waals surface area (Å²) in [5.74, 6) is 0.140. The van der Waals surface area contributed by atoms with Gasteiger partial charge in [-0.15, -0.1) is 0 Å². The topological polar surface area (TPSA) is 67.6 Å². The standard InChI is InChI=1S/C15H31N3O2/c1-11(2)17-15(14(16)19,13-6-7-13)10-18(5)8-9-20-12(3)4/h11-13,17H,6-10H2,1-5H3,(H2,16,19). The van der Waals surface area contributed by atoms with Crippen molar-refractivity contribution in [3.8, 4) is 0 Å². The SMILES string of the molecule is CC(C)NC(CN(C)CCOC(C)C)(C(N)=O)C1CC1. The molecular formula is C15H31N3O2. The highest BCUT2D eigenvalue weighted by Crippen LogP contribution is 2.40. The van der Waals surface area contributed by atoms with Gasteiger partial charge in [-0.1, -0.05) is 0 Å². The minimum absolute atomic E-state index is 0.231. The molecule has 0 aliphatic heterocycles. The zero-order chi connectivity index (χ0) is 15.3. The maximum absolute atomic E-state index is 12.1. The number of nitrogens with two attached hydrogens (primary N) is 1. The van der Waals surface area contributed by atoms with Crippen molar-refractivity contribution < 1.29 is 9.53 Å². The lowest BCUT2D eigenvalue weighted by atomic mass is 9.90. The van der Waals surface area contributed by atoms with Crippen molar-refractivity contribution in [1.82, 2.24) is 10.2 Å². The summed E-state index contributed by atoms with van der Waals surface area (Å²) in [5, 5.41) is 3.43. The largest absolute Gasteiger partial charge is 0.377 e. The van der Waals surface area contributed by atoms with E-state index in [4.69, 9.17) is 10.5 Å². The van der Waals surface area contributed by atoms with E-state index in [1.165, 1.54) is 0 Å². The molecule has 0 heterocycles. The lowest BCUT2D eigenvalue weighted by molar-refractivity contribution is -0.126. The Bertz CT molecular complexity index is 316. The number of primary amides is 1. The highest BCUT2D eigenvalue weighted by atomic mass is 16.5. The molecule has 1 amide bonds. The smallest absolute Gasteiger partial charge is 0.239 e. The van der Waals surface area contributed by atoms with Gasteiger partial charge in [0, 0.05) is 19.1 Å². The first-order chi connectivity index (χ1) is 9.28. The molecule has 1 saturated carbocycles. The number of nitrogens with one attached hydrogen (secondary N) is 1. The molecule has 0 radical (unpaired) electrons. The van der Waals surface area contributed by atoms with Crippen LogP contribution in [0.1, 0.15) is 40.5 Å². The van der Waals surface area contributed by atoms with Crippen LogP contribution in [0.2, 0.25) is 0 Å². The lowest BCUT2D eigenvalue weighted by Crippen LogP contribution is -2.64. The number of likely N-dealkylation sites (N-methyl/N-ethyl adjacent to an activating group) is 1. The Balaban J connectivity index is 2.61. The minimum Gasteiger partial charge on any atom is -0.377 e. The molecular weight excluding hydrogens is 254 g/mol. The van der Waals surface area contributed by atoms with E-state index in [0.717, 1.165) is 19.4 Å². The fourth-order valence-corrected chi connectivity index (χ4v) is 2.68. The third-order valence-corrected chi connectivity index (χ3v) is 3.70. The van der Waals surface area contributed by atoms with Crippen LogP contribution in [0.5, 0.6) is 0 Å². The van der Waals surface area contributed by atoms with Gasteiger partial charge >= 0.3 is 0 Å². The van der Waals surface area contributed by atoms with Gasteiger partial charge in [0.15, 0.2) is 0 Å². The molecule has 3 N–H and O–H groups in total. The van der Waals surface area contributed by atoms with Crippen molar-refractivity contribution in [2.24, 2.45) is 11.7 Å². The second-order valence-electron chi connectivity index (χ2n) is 6.57. The summed E-state index contributed by atoms with van der Waals surface area (Å²) in [6, 6.07) is 0.239. The van der Waals surface area contributed by atoms with Gasteiger partial charge in [0.25, 0.3) is 0 Å². The van der Waals surface area contributed by atoms with E-state index in [2.05, 4.69) is 24.1 Å². The summed E-state index contributed by atoms with van der Waals surface area (Å²) in [6.45, 7) is 10.3. The molecule has 1 rings (SSSR count). The Hall–Kier alpha value is -0.650. The number of carbonyl (C=O) groups is 1. The number of hydrogen-bond donors (Lipinski definition) is 2. The molecule has 1 atom stereocenters. The molecule has 1 unspecified atom stereocenters. The zero-order valence-corrected chi connectivity index (χ0v) is 13.6. The molecule has 0 aromatic heterocycles. The Kier molecular flexibility index (Phi) is 6.43. The van der Waals surface area contributed by atoms with Crippen LogP contribution >= 0.6 is 0 Å². The van der Waals surface area contributed by atoms with E-state index in [-0.39, 0.29) is 18.1 Å². The first kappa shape index (κ1) is 17.4. The Morgan fingerprint density at radius 1 is 1.40 bits per heavy atom. The Labute approximate surface area is 123 Å². The summed E-state index contributed by atoms with van der Waals surface area (Å²) in [4.78, 5) is 14.2. The van der Waals surface area contributed by atoms with Crippen molar-refractivity contribution in [3.63, 3.8) is 0 Å². The van der Waals surface area contributed by atoms with Gasteiger partial charge in [-0.05, 0) is 53.5 Å². The molecule has 1 aliphatic rings. The van der Waals surface area contributed by atoms with Crippen molar-refractivity contribution in [2.45, 2.75) is 58.2 Å². The van der Waals surface area contributed by atoms with Gasteiger partial charge in [-0.25, -0.2) is 0 Å². The predicted octanol–water partition coefficient (Wildman–Crippen LogP) is 0.975. The summed E-state index contributed by atoms with van der Waals surface area (Å²) in [6.07, 6.45) is 2.40. The molecule has 0 aromatic carbocycles. The van der Waals surface area contributed by atoms with Crippen LogP contribution in [0.25, 0.3) is 0 Å². The highest BCUT2D eigenvalue weighted by molar-refractivity contribution is 5.86. The summed E-state index contributed by atoms with van der Waals surface area (Å²) >= 11 is 0. The second kappa shape index (κ2) is 7.38. The Morgan fingerprint density at radius 2 is 2.00 bits per heavy atom. The van der Waals surface area contributed by atoms with Gasteiger partial charge in [0.05, 0.1) is 12.7 Å². The lowest BCUT2D eigenvalue weighted by Gasteiger charge is -2.37. The van der Waals surface area contributed by atoms with E-state index in [0.29, 0.717) is 19.1 Å². The van der Waals surface area contributed by atoms with Crippen LogP contribution in [0.15, 0.2) is 0 Å². The highest BCUT2D eigenvalue weighted by Gasteiger charge is 2.50. The molecule has 118 valence electrons. The molecule has 0 spiro atoms. The zero-order valence-electron chi connectivity index (χ0n) is 13.6. The number of nitrogens with zero attached hydrogens (tertiary/aromatic N) is 1. The summed E-state index contributed by atoms with van der Waals surface area (Å²) < 4.78 is 5.57. The number of ether oxygens (including phenoxy) is 1. The molecule has 0 bridgehead atoms. The van der Waals surface area contributed by atoms with Crippen LogP contribution in [-0.2, 0) is 9.53 Å². The number of hydrogen-bond acceptors (Lipinski definition) is 4. The fourth-order valence-electron chi connectivity index (χ4n) is 2.68. The van der Waals surface area contributed by atoms with Gasteiger partial charge in [-0.3, -0.25) is 10.1 Å². The molecule has 1 aliphatic carbocycles. The summed E-state index contributed by atoms with van der Waals surface area (Å²) in [7, 11) is 2.02. The van der Waals surface area contributed by atoms with E-state index in [1.807, 2.05) is 20.9 Å². The van der Waals surface area contributed by atoms with Gasteiger partial charge < -0.3 is 15.4 Å². The third kappa shape index (κ3) is 5.04. The second-order valence-corrected chi connectivity index (χ2v) is 6.57. The van der Waals surface area contributed by atoms with Crippen LogP contribution in [0.4, 0.5) is 0 Å². The monoisotopic (exact) mass is 285 g/mol.